The molecule has 0 unspecified atom stereocenters. The van der Waals surface area contributed by atoms with Crippen molar-refractivity contribution in [2.24, 2.45) is 5.41 Å². The van der Waals surface area contributed by atoms with Gasteiger partial charge < -0.3 is 10.4 Å². The van der Waals surface area contributed by atoms with E-state index in [-0.39, 0.29) is 12.0 Å². The Morgan fingerprint density at radius 3 is 2.68 bits per heavy atom. The van der Waals surface area contributed by atoms with Crippen molar-refractivity contribution in [1.29, 1.82) is 0 Å². The zero-order valence-electron chi connectivity index (χ0n) is 10.8. The van der Waals surface area contributed by atoms with E-state index < -0.39 is 0 Å². The minimum absolute atomic E-state index is 0.122. The van der Waals surface area contributed by atoms with Gasteiger partial charge in [0.2, 0.25) is 0 Å². The Kier molecular flexibility index (Phi) is 3.31. The first-order valence-electron chi connectivity index (χ1n) is 6.60. The summed E-state index contributed by atoms with van der Waals surface area (Å²) < 4.78 is 0. The number of hydrogen-bond donors (Lipinski definition) is 3. The zero-order valence-corrected chi connectivity index (χ0v) is 10.8. The van der Waals surface area contributed by atoms with Crippen LogP contribution in [-0.2, 0) is 6.54 Å². The second kappa shape index (κ2) is 5.11. The van der Waals surface area contributed by atoms with Crippen LogP contribution in [-0.4, -0.2) is 33.7 Å². The van der Waals surface area contributed by atoms with Gasteiger partial charge in [-0.15, -0.1) is 0 Å². The molecule has 1 fully saturated rings. The average molecular weight is 258 g/mol. The largest absolute Gasteiger partial charge is 0.396 e. The molecule has 1 aliphatic rings. The van der Waals surface area contributed by atoms with Gasteiger partial charge in [-0.25, -0.2) is 0 Å². The van der Waals surface area contributed by atoms with Crippen LogP contribution in [0.2, 0.25) is 0 Å². The van der Waals surface area contributed by atoms with Crippen molar-refractivity contribution in [1.82, 2.24) is 20.7 Å². The van der Waals surface area contributed by atoms with E-state index in [0.29, 0.717) is 6.54 Å². The molecule has 0 amide bonds. The summed E-state index contributed by atoms with van der Waals surface area (Å²) >= 11 is 0. The molecule has 0 saturated heterocycles. The third kappa shape index (κ3) is 2.67. The SMILES string of the molecule is OCC1(CNCc2n[nH]nc2-c2ccccc2)CC1. The van der Waals surface area contributed by atoms with Gasteiger partial charge in [0.25, 0.3) is 0 Å². The molecule has 19 heavy (non-hydrogen) atoms. The lowest BCUT2D eigenvalue weighted by atomic mass is 10.1. The van der Waals surface area contributed by atoms with E-state index in [0.717, 1.165) is 36.3 Å². The van der Waals surface area contributed by atoms with Crippen LogP contribution in [0.25, 0.3) is 11.3 Å². The summed E-state index contributed by atoms with van der Waals surface area (Å²) in [7, 11) is 0. The highest BCUT2D eigenvalue weighted by molar-refractivity contribution is 5.60. The smallest absolute Gasteiger partial charge is 0.117 e. The fourth-order valence-corrected chi connectivity index (χ4v) is 2.22. The highest BCUT2D eigenvalue weighted by Crippen LogP contribution is 2.44. The van der Waals surface area contributed by atoms with Gasteiger partial charge in [0.05, 0.1) is 0 Å². The van der Waals surface area contributed by atoms with Crippen molar-refractivity contribution in [2.45, 2.75) is 19.4 Å². The second-order valence-electron chi connectivity index (χ2n) is 5.25. The molecule has 5 heteroatoms. The lowest BCUT2D eigenvalue weighted by Gasteiger charge is -2.11. The summed E-state index contributed by atoms with van der Waals surface area (Å²) in [6, 6.07) is 10.0. The average Bonchev–Trinajstić information content (AvgIpc) is 3.09. The maximum absolute atomic E-state index is 9.27. The van der Waals surface area contributed by atoms with Crippen molar-refractivity contribution < 1.29 is 5.11 Å². The molecule has 1 heterocycles. The first-order valence-corrected chi connectivity index (χ1v) is 6.60. The van der Waals surface area contributed by atoms with Crippen LogP contribution in [0.5, 0.6) is 0 Å². The van der Waals surface area contributed by atoms with Crippen LogP contribution < -0.4 is 5.32 Å². The maximum Gasteiger partial charge on any atom is 0.117 e. The quantitative estimate of drug-likeness (QED) is 0.731. The van der Waals surface area contributed by atoms with E-state index >= 15 is 0 Å². The Balaban J connectivity index is 1.64. The molecule has 0 bridgehead atoms. The number of benzene rings is 1. The van der Waals surface area contributed by atoms with Crippen molar-refractivity contribution in [3.05, 3.63) is 36.0 Å². The maximum atomic E-state index is 9.27. The number of aromatic amines is 1. The van der Waals surface area contributed by atoms with Gasteiger partial charge in [-0.1, -0.05) is 30.3 Å². The topological polar surface area (TPSA) is 73.8 Å². The van der Waals surface area contributed by atoms with Crippen molar-refractivity contribution in [3.8, 4) is 11.3 Å². The number of nitrogens with zero attached hydrogens (tertiary/aromatic N) is 2. The number of hydrogen-bond acceptors (Lipinski definition) is 4. The predicted molar refractivity (Wildman–Crippen MR) is 72.3 cm³/mol. The fourth-order valence-electron chi connectivity index (χ4n) is 2.22. The Morgan fingerprint density at radius 1 is 1.21 bits per heavy atom. The lowest BCUT2D eigenvalue weighted by molar-refractivity contribution is 0.207. The third-order valence-corrected chi connectivity index (χ3v) is 3.75. The van der Waals surface area contributed by atoms with E-state index in [9.17, 15) is 5.11 Å². The molecule has 3 rings (SSSR count). The molecule has 100 valence electrons. The molecule has 5 nitrogen and oxygen atoms in total. The summed E-state index contributed by atoms with van der Waals surface area (Å²) in [5.74, 6) is 0. The predicted octanol–water partition coefficient (Wildman–Crippen LogP) is 1.33. The molecule has 1 aromatic heterocycles. The lowest BCUT2D eigenvalue weighted by Crippen LogP contribution is -2.26. The molecule has 1 aliphatic carbocycles. The number of nitrogens with one attached hydrogen (secondary N) is 2. The molecule has 1 saturated carbocycles. The molecule has 0 aliphatic heterocycles. The monoisotopic (exact) mass is 258 g/mol. The minimum Gasteiger partial charge on any atom is -0.396 e. The van der Waals surface area contributed by atoms with Crippen LogP contribution >= 0.6 is 0 Å². The second-order valence-corrected chi connectivity index (χ2v) is 5.25. The minimum atomic E-state index is 0.122. The summed E-state index contributed by atoms with van der Waals surface area (Å²) in [6.45, 7) is 1.78. The Morgan fingerprint density at radius 2 is 2.00 bits per heavy atom. The number of H-pyrrole nitrogens is 1. The molecule has 0 spiro atoms. The zero-order chi connectivity index (χ0) is 13.1. The summed E-state index contributed by atoms with van der Waals surface area (Å²) in [5.41, 5.74) is 3.00. The van der Waals surface area contributed by atoms with Crippen LogP contribution in [0, 0.1) is 5.41 Å². The molecule has 2 aromatic rings. The molecule has 0 atom stereocenters. The Bertz CT molecular complexity index is 533. The highest BCUT2D eigenvalue weighted by atomic mass is 16.3. The van der Waals surface area contributed by atoms with E-state index in [1.54, 1.807) is 0 Å². The van der Waals surface area contributed by atoms with Gasteiger partial charge in [0, 0.05) is 30.7 Å². The highest BCUT2D eigenvalue weighted by Gasteiger charge is 2.41. The summed E-state index contributed by atoms with van der Waals surface area (Å²) in [5, 5.41) is 23.7. The van der Waals surface area contributed by atoms with Crippen LogP contribution in [0.4, 0.5) is 0 Å². The van der Waals surface area contributed by atoms with Gasteiger partial charge in [0.15, 0.2) is 0 Å². The molecular weight excluding hydrogens is 240 g/mol. The fraction of sp³-hybridized carbons (Fsp3) is 0.429. The molecule has 0 radical (unpaired) electrons. The summed E-state index contributed by atoms with van der Waals surface area (Å²) in [6.07, 6.45) is 2.22. The Labute approximate surface area is 112 Å². The number of aliphatic hydroxyl groups excluding tert-OH is 1. The van der Waals surface area contributed by atoms with Crippen LogP contribution in [0.15, 0.2) is 30.3 Å². The van der Waals surface area contributed by atoms with Gasteiger partial charge in [-0.3, -0.25) is 0 Å². The van der Waals surface area contributed by atoms with Crippen LogP contribution in [0.1, 0.15) is 18.5 Å². The van der Waals surface area contributed by atoms with Gasteiger partial charge in [0.1, 0.15) is 11.4 Å². The van der Waals surface area contributed by atoms with Gasteiger partial charge in [-0.05, 0) is 12.8 Å². The first kappa shape index (κ1) is 12.3. The third-order valence-electron chi connectivity index (χ3n) is 3.75. The summed E-state index contributed by atoms with van der Waals surface area (Å²) in [4.78, 5) is 0. The van der Waals surface area contributed by atoms with Crippen molar-refractivity contribution in [2.75, 3.05) is 13.2 Å². The number of rotatable bonds is 6. The van der Waals surface area contributed by atoms with Gasteiger partial charge in [-0.2, -0.15) is 15.4 Å². The van der Waals surface area contributed by atoms with E-state index in [2.05, 4.69) is 20.7 Å². The molecule has 1 aromatic carbocycles. The van der Waals surface area contributed by atoms with Crippen LogP contribution in [0.3, 0.4) is 0 Å². The molecular formula is C14H18N4O. The van der Waals surface area contributed by atoms with E-state index in [1.165, 1.54) is 0 Å². The standard InChI is InChI=1S/C14H18N4O/c19-10-14(6-7-14)9-15-8-12-13(17-18-16-12)11-4-2-1-3-5-11/h1-5,15,19H,6-10H2,(H,16,17,18). The first-order chi connectivity index (χ1) is 9.33. The van der Waals surface area contributed by atoms with E-state index in [1.807, 2.05) is 30.3 Å². The van der Waals surface area contributed by atoms with Gasteiger partial charge >= 0.3 is 0 Å². The van der Waals surface area contributed by atoms with E-state index in [4.69, 9.17) is 0 Å². The van der Waals surface area contributed by atoms with Crippen molar-refractivity contribution in [3.63, 3.8) is 0 Å². The van der Waals surface area contributed by atoms with Crippen molar-refractivity contribution >= 4 is 0 Å². The normalized spacial score (nSPS) is 16.5. The number of aromatic nitrogens is 3. The Hall–Kier alpha value is -1.72. The molecule has 3 N–H and O–H groups in total. The number of aliphatic hydroxyl groups is 1.